The Kier molecular flexibility index (Phi) is 4.23. The zero-order chi connectivity index (χ0) is 13.2. The molecule has 0 unspecified atom stereocenters. The lowest BCUT2D eigenvalue weighted by atomic mass is 9.92. The lowest BCUT2D eigenvalue weighted by Crippen LogP contribution is -2.13. The molecule has 5 heteroatoms. The highest BCUT2D eigenvalue weighted by molar-refractivity contribution is 6.34. The second-order valence-corrected chi connectivity index (χ2v) is 4.21. The molecule has 0 bridgehead atoms. The number of hydrogen-bond acceptors (Lipinski definition) is 4. The lowest BCUT2D eigenvalue weighted by Gasteiger charge is -2.14. The van der Waals surface area contributed by atoms with Crippen molar-refractivity contribution >= 4 is 17.4 Å². The van der Waals surface area contributed by atoms with Crippen molar-refractivity contribution in [3.05, 3.63) is 16.7 Å². The van der Waals surface area contributed by atoms with Crippen LogP contribution in [0.1, 0.15) is 37.0 Å². The molecule has 0 saturated carbocycles. The SMILES string of the molecule is CCC(CC)C(=O)c1c(O)cc(O)c(Cl)c1O. The Morgan fingerprint density at radius 3 is 2.24 bits per heavy atom. The van der Waals surface area contributed by atoms with Crippen molar-refractivity contribution in [2.75, 3.05) is 0 Å². The molecule has 4 nitrogen and oxygen atoms in total. The molecule has 0 aliphatic rings. The normalized spacial score (nSPS) is 10.8. The van der Waals surface area contributed by atoms with E-state index in [1.807, 2.05) is 13.8 Å². The number of aromatic hydroxyl groups is 3. The molecular weight excluding hydrogens is 244 g/mol. The molecule has 94 valence electrons. The van der Waals surface area contributed by atoms with Gasteiger partial charge in [0.25, 0.3) is 0 Å². The van der Waals surface area contributed by atoms with Crippen LogP contribution in [0.3, 0.4) is 0 Å². The first-order chi connectivity index (χ1) is 7.93. The molecule has 0 saturated heterocycles. The average molecular weight is 259 g/mol. The summed E-state index contributed by atoms with van der Waals surface area (Å²) < 4.78 is 0. The van der Waals surface area contributed by atoms with E-state index in [-0.39, 0.29) is 22.3 Å². The molecule has 1 rings (SSSR count). The van der Waals surface area contributed by atoms with Gasteiger partial charge in [-0.05, 0) is 12.8 Å². The van der Waals surface area contributed by atoms with Gasteiger partial charge in [-0.25, -0.2) is 0 Å². The number of ketones is 1. The molecule has 1 aromatic rings. The number of carbonyl (C=O) groups is 1. The smallest absolute Gasteiger partial charge is 0.173 e. The Labute approximate surface area is 104 Å². The van der Waals surface area contributed by atoms with E-state index < -0.39 is 17.2 Å². The van der Waals surface area contributed by atoms with Gasteiger partial charge in [0.2, 0.25) is 0 Å². The molecule has 1 aromatic carbocycles. The maximum absolute atomic E-state index is 12.1. The van der Waals surface area contributed by atoms with Crippen molar-refractivity contribution in [1.29, 1.82) is 0 Å². The van der Waals surface area contributed by atoms with Crippen LogP contribution in [0.15, 0.2) is 6.07 Å². The molecule has 0 amide bonds. The highest BCUT2D eigenvalue weighted by atomic mass is 35.5. The summed E-state index contributed by atoms with van der Waals surface area (Å²) in [7, 11) is 0. The van der Waals surface area contributed by atoms with Gasteiger partial charge in [0.05, 0.1) is 0 Å². The van der Waals surface area contributed by atoms with Crippen LogP contribution in [0.25, 0.3) is 0 Å². The van der Waals surface area contributed by atoms with E-state index in [9.17, 15) is 20.1 Å². The molecular formula is C12H15ClO4. The monoisotopic (exact) mass is 258 g/mol. The minimum atomic E-state index is -0.568. The van der Waals surface area contributed by atoms with Gasteiger partial charge >= 0.3 is 0 Å². The molecule has 17 heavy (non-hydrogen) atoms. The highest BCUT2D eigenvalue weighted by Crippen LogP contribution is 2.42. The fourth-order valence-corrected chi connectivity index (χ4v) is 1.87. The molecule has 0 aromatic heterocycles. The number of rotatable bonds is 4. The van der Waals surface area contributed by atoms with Gasteiger partial charge in [0.1, 0.15) is 22.1 Å². The molecule has 0 spiro atoms. The largest absolute Gasteiger partial charge is 0.507 e. The number of phenols is 3. The zero-order valence-electron chi connectivity index (χ0n) is 9.70. The summed E-state index contributed by atoms with van der Waals surface area (Å²) in [5.74, 6) is -2.13. The van der Waals surface area contributed by atoms with Gasteiger partial charge < -0.3 is 15.3 Å². The summed E-state index contributed by atoms with van der Waals surface area (Å²) in [6.45, 7) is 3.70. The average Bonchev–Trinajstić information content (AvgIpc) is 2.28. The van der Waals surface area contributed by atoms with Gasteiger partial charge in [-0.15, -0.1) is 0 Å². The fourth-order valence-electron chi connectivity index (χ4n) is 1.72. The zero-order valence-corrected chi connectivity index (χ0v) is 10.5. The standard InChI is InChI=1S/C12H15ClO4/c1-3-6(4-2)11(16)9-7(14)5-8(15)10(13)12(9)17/h5-6,14-15,17H,3-4H2,1-2H3. The number of benzene rings is 1. The van der Waals surface area contributed by atoms with Gasteiger partial charge in [-0.2, -0.15) is 0 Å². The summed E-state index contributed by atoms with van der Waals surface area (Å²) >= 11 is 5.63. The Morgan fingerprint density at radius 2 is 1.76 bits per heavy atom. The van der Waals surface area contributed by atoms with Crippen LogP contribution >= 0.6 is 11.6 Å². The summed E-state index contributed by atoms with van der Waals surface area (Å²) in [5, 5.41) is 28.3. The minimum absolute atomic E-state index is 0.221. The topological polar surface area (TPSA) is 77.8 Å². The molecule has 0 heterocycles. The van der Waals surface area contributed by atoms with Gasteiger partial charge in [0.15, 0.2) is 11.5 Å². The third-order valence-electron chi connectivity index (χ3n) is 2.80. The summed E-state index contributed by atoms with van der Waals surface area (Å²) in [6, 6.07) is 0.956. The van der Waals surface area contributed by atoms with Crippen LogP contribution in [0.5, 0.6) is 17.2 Å². The molecule has 0 aliphatic carbocycles. The predicted molar refractivity (Wildman–Crippen MR) is 64.8 cm³/mol. The van der Waals surface area contributed by atoms with Crippen LogP contribution in [0.4, 0.5) is 0 Å². The minimum Gasteiger partial charge on any atom is -0.507 e. The van der Waals surface area contributed by atoms with Crippen molar-refractivity contribution in [3.63, 3.8) is 0 Å². The van der Waals surface area contributed by atoms with Gasteiger partial charge in [-0.1, -0.05) is 25.4 Å². The Morgan fingerprint density at radius 1 is 1.24 bits per heavy atom. The van der Waals surface area contributed by atoms with Crippen molar-refractivity contribution in [1.82, 2.24) is 0 Å². The van der Waals surface area contributed by atoms with E-state index in [1.54, 1.807) is 0 Å². The number of halogens is 1. The summed E-state index contributed by atoms with van der Waals surface area (Å²) in [4.78, 5) is 12.1. The fraction of sp³-hybridized carbons (Fsp3) is 0.417. The van der Waals surface area contributed by atoms with Crippen molar-refractivity contribution < 1.29 is 20.1 Å². The second-order valence-electron chi connectivity index (χ2n) is 3.83. The predicted octanol–water partition coefficient (Wildman–Crippen LogP) is 3.08. The number of phenolic OH excluding ortho intramolecular Hbond substituents is 3. The maximum Gasteiger partial charge on any atom is 0.173 e. The molecule has 0 fully saturated rings. The molecule has 0 aliphatic heterocycles. The number of hydrogen-bond donors (Lipinski definition) is 3. The summed E-state index contributed by atoms with van der Waals surface area (Å²) in [6.07, 6.45) is 1.21. The van der Waals surface area contributed by atoms with Crippen LogP contribution in [0.2, 0.25) is 5.02 Å². The van der Waals surface area contributed by atoms with E-state index in [0.717, 1.165) is 6.07 Å². The highest BCUT2D eigenvalue weighted by Gasteiger charge is 2.26. The van der Waals surface area contributed by atoms with Crippen molar-refractivity contribution in [2.24, 2.45) is 5.92 Å². The van der Waals surface area contributed by atoms with Crippen molar-refractivity contribution in [2.45, 2.75) is 26.7 Å². The first-order valence-electron chi connectivity index (χ1n) is 5.41. The van der Waals surface area contributed by atoms with Crippen molar-refractivity contribution in [3.8, 4) is 17.2 Å². The lowest BCUT2D eigenvalue weighted by molar-refractivity contribution is 0.0907. The van der Waals surface area contributed by atoms with Crippen LogP contribution in [-0.4, -0.2) is 21.1 Å². The van der Waals surface area contributed by atoms with E-state index in [1.165, 1.54) is 0 Å². The van der Waals surface area contributed by atoms with Crippen LogP contribution in [-0.2, 0) is 0 Å². The Balaban J connectivity index is 3.32. The molecule has 0 radical (unpaired) electrons. The third-order valence-corrected chi connectivity index (χ3v) is 3.17. The van der Waals surface area contributed by atoms with E-state index in [2.05, 4.69) is 0 Å². The van der Waals surface area contributed by atoms with E-state index >= 15 is 0 Å². The maximum atomic E-state index is 12.1. The second kappa shape index (κ2) is 5.27. The summed E-state index contributed by atoms with van der Waals surface area (Å²) in [5.41, 5.74) is -0.221. The quantitative estimate of drug-likeness (QED) is 0.726. The van der Waals surface area contributed by atoms with Crippen LogP contribution in [0, 0.1) is 5.92 Å². The molecule has 0 atom stereocenters. The Bertz CT molecular complexity index is 439. The first-order valence-corrected chi connectivity index (χ1v) is 5.79. The molecule has 3 N–H and O–H groups in total. The Hall–Kier alpha value is -1.42. The van der Waals surface area contributed by atoms with E-state index in [0.29, 0.717) is 12.8 Å². The van der Waals surface area contributed by atoms with Gasteiger partial charge in [-0.3, -0.25) is 4.79 Å². The van der Waals surface area contributed by atoms with Crippen LogP contribution < -0.4 is 0 Å². The number of carbonyl (C=O) groups excluding carboxylic acids is 1. The first kappa shape index (κ1) is 13.6. The third kappa shape index (κ3) is 2.47. The van der Waals surface area contributed by atoms with Gasteiger partial charge in [0, 0.05) is 12.0 Å². The number of Topliss-reactive ketones (excluding diaryl/α,β-unsaturated/α-hetero) is 1. The van der Waals surface area contributed by atoms with E-state index in [4.69, 9.17) is 11.6 Å².